The summed E-state index contributed by atoms with van der Waals surface area (Å²) in [7, 11) is 0. The number of carbonyl (C=O) groups is 1. The summed E-state index contributed by atoms with van der Waals surface area (Å²) >= 11 is 4.36. The van der Waals surface area contributed by atoms with E-state index >= 15 is 0 Å². The first-order valence-corrected chi connectivity index (χ1v) is 19.3. The van der Waals surface area contributed by atoms with Gasteiger partial charge in [0.2, 0.25) is 0 Å². The smallest absolute Gasteiger partial charge is 0.324 e. The molecular formula is C33H50B3NO4RfS3. The molecule has 45 heavy (non-hydrogen) atoms. The number of carboxylic acid groups (broad SMARTS) is 1. The van der Waals surface area contributed by atoms with Crippen LogP contribution in [0, 0.1) is 0 Å². The summed E-state index contributed by atoms with van der Waals surface area (Å²) in [6.07, 6.45) is 10.8. The van der Waals surface area contributed by atoms with E-state index < -0.39 is 5.97 Å². The molecule has 5 nitrogen and oxygen atoms in total. The van der Waals surface area contributed by atoms with Gasteiger partial charge in [-0.05, 0) is 42.6 Å². The van der Waals surface area contributed by atoms with Crippen LogP contribution in [-0.2, 0) is 28.9 Å². The number of benzene rings is 3. The standard InChI is InChI=1S/2C9H11B.C8H9BO.C3H6O2S.C2H7NS.C2H6OS.Rf/c2*1-10-7-6-8-4-2-3-5-9(8)10;1-9-8-5-3-2-4-7(8)6-10-9;1-6-2-3(4)5;2*1-4-2-3;/h2*2-5H,6-7H2,1H3;2-5H,6H2,1H3;2H2,1H3,(H,4,5);2-3H2,1H3;3H,2H2,1H3;. The SMILES string of the molecule is CB1CCc2ccccc21.CB1CCc2ccccc21.CB1OCc2ccccc21.CSCC(=O)O.CSCN.CSCO.[Rf]. The Kier molecular flexibility index (Phi) is 23.9. The summed E-state index contributed by atoms with van der Waals surface area (Å²) < 4.78 is 5.42. The van der Waals surface area contributed by atoms with E-state index in [0.29, 0.717) is 6.92 Å². The molecule has 4 N–H and O–H groups in total. The molecule has 0 bridgehead atoms. The number of nitrogens with two attached hydrogens (primary N) is 1. The van der Waals surface area contributed by atoms with E-state index in [4.69, 9.17) is 20.6 Å². The third kappa shape index (κ3) is 16.4. The molecule has 0 amide bonds. The average Bonchev–Trinajstić information content (AvgIpc) is 3.75. The van der Waals surface area contributed by atoms with Crippen molar-refractivity contribution in [1.82, 2.24) is 0 Å². The molecule has 0 saturated carbocycles. The van der Waals surface area contributed by atoms with Crippen molar-refractivity contribution in [2.75, 3.05) is 36.3 Å². The number of aliphatic carboxylic acids is 1. The maximum absolute atomic E-state index is 9.58. The summed E-state index contributed by atoms with van der Waals surface area (Å²) in [5.74, 6) is 0.433. The van der Waals surface area contributed by atoms with Gasteiger partial charge in [0.05, 0.1) is 18.3 Å². The normalized spacial score (nSPS) is 12.8. The molecule has 0 aromatic heterocycles. The van der Waals surface area contributed by atoms with E-state index in [9.17, 15) is 4.79 Å². The van der Waals surface area contributed by atoms with Crippen LogP contribution >= 0.6 is 35.3 Å². The molecule has 240 valence electrons. The number of aryl methyl sites for hydroxylation is 2. The Morgan fingerprint density at radius 1 is 0.756 bits per heavy atom. The summed E-state index contributed by atoms with van der Waals surface area (Å²) in [5.41, 5.74) is 14.0. The van der Waals surface area contributed by atoms with Crippen LogP contribution in [0.5, 0.6) is 0 Å². The van der Waals surface area contributed by atoms with Crippen molar-refractivity contribution in [3.8, 4) is 0 Å². The second-order valence-corrected chi connectivity index (χ2v) is 13.2. The van der Waals surface area contributed by atoms with Gasteiger partial charge in [-0.2, -0.15) is 23.5 Å². The second kappa shape index (κ2) is 25.4. The van der Waals surface area contributed by atoms with Crippen molar-refractivity contribution < 1.29 is 19.7 Å². The molecule has 0 fully saturated rings. The predicted octanol–water partition coefficient (Wildman–Crippen LogP) is 5.19. The van der Waals surface area contributed by atoms with Crippen LogP contribution in [0.1, 0.15) is 16.7 Å². The van der Waals surface area contributed by atoms with Gasteiger partial charge in [0.1, 0.15) is 0 Å². The number of rotatable bonds is 4. The maximum Gasteiger partial charge on any atom is 0.324 e. The predicted molar refractivity (Wildman–Crippen MR) is 204 cm³/mol. The van der Waals surface area contributed by atoms with Gasteiger partial charge in [-0.15, -0.1) is 11.8 Å². The van der Waals surface area contributed by atoms with Crippen molar-refractivity contribution in [2.24, 2.45) is 5.73 Å². The van der Waals surface area contributed by atoms with E-state index in [1.54, 1.807) is 40.1 Å². The fourth-order valence-electron chi connectivity index (χ4n) is 5.03. The molecule has 0 saturated heterocycles. The summed E-state index contributed by atoms with van der Waals surface area (Å²) in [4.78, 5) is 9.58. The first-order valence-electron chi connectivity index (χ1n) is 15.1. The molecule has 3 aliphatic rings. The molecule has 0 radical (unpaired) electrons. The Morgan fingerprint density at radius 3 is 1.47 bits per heavy atom. The van der Waals surface area contributed by atoms with Crippen molar-refractivity contribution in [3.63, 3.8) is 0 Å². The zero-order valence-corrected chi connectivity index (χ0v) is 36.9. The van der Waals surface area contributed by atoms with Crippen LogP contribution in [0.3, 0.4) is 0 Å². The number of hydrogen-bond acceptors (Lipinski definition) is 7. The van der Waals surface area contributed by atoms with Gasteiger partial charge in [-0.1, -0.05) is 128 Å². The average molecular weight is 920 g/mol. The molecular weight excluding hydrogens is 870 g/mol. The van der Waals surface area contributed by atoms with E-state index in [1.165, 1.54) is 60.0 Å². The summed E-state index contributed by atoms with van der Waals surface area (Å²) in [6, 6.07) is 25.9. The zero-order valence-electron chi connectivity index (χ0n) is 28.0. The van der Waals surface area contributed by atoms with Crippen LogP contribution in [0.4, 0.5) is 0 Å². The minimum atomic E-state index is -0.748. The van der Waals surface area contributed by atoms with Crippen molar-refractivity contribution in [1.29, 1.82) is 0 Å². The molecule has 12 heteroatoms. The van der Waals surface area contributed by atoms with E-state index in [0.717, 1.165) is 25.9 Å². The van der Waals surface area contributed by atoms with Gasteiger partial charge in [0.15, 0.2) is 13.4 Å². The molecule has 0 atom stereocenters. The molecule has 3 aliphatic heterocycles. The van der Waals surface area contributed by atoms with E-state index in [1.807, 2.05) is 12.5 Å². The van der Waals surface area contributed by atoms with Crippen molar-refractivity contribution in [3.05, 3.63) is 89.5 Å². The number of hydrogen-bond donors (Lipinski definition) is 3. The van der Waals surface area contributed by atoms with Crippen LogP contribution in [0.25, 0.3) is 0 Å². The monoisotopic (exact) mass is 920 g/mol. The quantitative estimate of drug-likeness (QED) is 0.244. The second-order valence-electron chi connectivity index (χ2n) is 10.6. The molecule has 3 aromatic rings. The number of fused-ring (bicyclic) bond motifs is 3. The summed E-state index contributed by atoms with van der Waals surface area (Å²) in [6.45, 7) is 9.41. The topological polar surface area (TPSA) is 92.8 Å². The van der Waals surface area contributed by atoms with Crippen molar-refractivity contribution >= 4 is 78.0 Å². The van der Waals surface area contributed by atoms with E-state index in [2.05, 4.69) is 93.3 Å². The molecule has 3 aromatic carbocycles. The zero-order chi connectivity index (χ0) is 32.7. The number of carboxylic acids is 1. The largest absolute Gasteiger partial charge is 0.481 e. The third-order valence-electron chi connectivity index (χ3n) is 7.41. The van der Waals surface area contributed by atoms with Crippen LogP contribution in [-0.4, -0.2) is 72.9 Å². The Hall–Kier alpha value is -2.75. The Labute approximate surface area is 280 Å². The van der Waals surface area contributed by atoms with Gasteiger partial charge in [-0.3, -0.25) is 4.79 Å². The van der Waals surface area contributed by atoms with Crippen molar-refractivity contribution in [2.45, 2.75) is 52.6 Å². The van der Waals surface area contributed by atoms with E-state index in [-0.39, 0.29) is 11.7 Å². The first kappa shape index (κ1) is 42.3. The Balaban J connectivity index is 0.000000536. The molecule has 0 spiro atoms. The van der Waals surface area contributed by atoms with Gasteiger partial charge in [-0.25, -0.2) is 0 Å². The Morgan fingerprint density at radius 2 is 1.16 bits per heavy atom. The van der Waals surface area contributed by atoms with Crippen LogP contribution in [0.15, 0.2) is 72.8 Å². The minimum Gasteiger partial charge on any atom is -0.481 e. The maximum atomic E-state index is 9.58. The van der Waals surface area contributed by atoms with Gasteiger partial charge < -0.3 is 20.6 Å². The fourth-order valence-corrected chi connectivity index (χ4v) is 5.28. The van der Waals surface area contributed by atoms with Gasteiger partial charge >= 0.3 is 12.9 Å². The first-order chi connectivity index (χ1) is 21.2. The fraction of sp³-hybridized carbons (Fsp3) is 0.424. The van der Waals surface area contributed by atoms with Crippen LogP contribution in [0.2, 0.25) is 33.1 Å². The molecule has 0 aliphatic carbocycles. The Bertz CT molecular complexity index is 1080. The number of thioether (sulfide) groups is 3. The summed E-state index contributed by atoms with van der Waals surface area (Å²) in [5, 5.41) is 15.7. The third-order valence-corrected chi connectivity index (χ3v) is 8.54. The molecule has 3 heterocycles. The minimum absolute atomic E-state index is 0. The molecule has 6 rings (SSSR count). The number of aliphatic hydroxyl groups is 1. The number of aliphatic hydroxyl groups excluding tert-OH is 1. The van der Waals surface area contributed by atoms with Gasteiger partial charge in [0, 0.05) is 5.88 Å². The van der Waals surface area contributed by atoms with Crippen LogP contribution < -0.4 is 22.1 Å². The van der Waals surface area contributed by atoms with Gasteiger partial charge in [0.25, 0.3) is 0 Å². The molecule has 0 unspecified atom stereocenters.